The predicted octanol–water partition coefficient (Wildman–Crippen LogP) is 3.62. The number of hydrogen-bond acceptors (Lipinski definition) is 5. The summed E-state index contributed by atoms with van der Waals surface area (Å²) >= 11 is 0. The molecule has 6 nitrogen and oxygen atoms in total. The first-order valence-corrected chi connectivity index (χ1v) is 7.42. The second kappa shape index (κ2) is 7.36. The number of amides is 1. The van der Waals surface area contributed by atoms with Crippen molar-refractivity contribution in [1.82, 2.24) is 10.2 Å². The number of nitrogens with one attached hydrogen (secondary N) is 2. The summed E-state index contributed by atoms with van der Waals surface area (Å²) in [7, 11) is 0. The van der Waals surface area contributed by atoms with Crippen LogP contribution in [-0.2, 0) is 0 Å². The van der Waals surface area contributed by atoms with Gasteiger partial charge in [0.1, 0.15) is 0 Å². The van der Waals surface area contributed by atoms with Crippen LogP contribution in [-0.4, -0.2) is 16.1 Å². The quantitative estimate of drug-likeness (QED) is 0.749. The van der Waals surface area contributed by atoms with Crippen molar-refractivity contribution < 1.29 is 13.6 Å². The fourth-order valence-electron chi connectivity index (χ4n) is 2.11. The summed E-state index contributed by atoms with van der Waals surface area (Å²) in [6.07, 6.45) is 0. The average Bonchev–Trinajstić information content (AvgIpc) is 2.65. The summed E-state index contributed by atoms with van der Waals surface area (Å²) < 4.78 is 26.1. The van der Waals surface area contributed by atoms with Crippen LogP contribution < -0.4 is 10.6 Å². The summed E-state index contributed by atoms with van der Waals surface area (Å²) in [6.45, 7) is 0. The van der Waals surface area contributed by atoms with Crippen LogP contribution in [0.4, 0.5) is 26.1 Å². The van der Waals surface area contributed by atoms with Crippen LogP contribution in [0.5, 0.6) is 0 Å². The van der Waals surface area contributed by atoms with Crippen LogP contribution in [0.1, 0.15) is 15.9 Å². The lowest BCUT2D eigenvalue weighted by molar-refractivity contribution is 0.102. The third kappa shape index (κ3) is 3.96. The third-order valence-corrected chi connectivity index (χ3v) is 3.35. The molecule has 0 radical (unpaired) electrons. The van der Waals surface area contributed by atoms with Gasteiger partial charge >= 0.3 is 0 Å². The summed E-state index contributed by atoms with van der Waals surface area (Å²) in [5.41, 5.74) is 1.12. The Morgan fingerprint density at radius 2 is 1.73 bits per heavy atom. The molecule has 1 amide bonds. The van der Waals surface area contributed by atoms with Gasteiger partial charge in [-0.1, -0.05) is 6.07 Å². The van der Waals surface area contributed by atoms with Crippen molar-refractivity contribution >= 4 is 23.2 Å². The minimum Gasteiger partial charge on any atom is -0.339 e. The highest BCUT2D eigenvalue weighted by Gasteiger charge is 2.11. The normalized spacial score (nSPS) is 10.0. The summed E-state index contributed by atoms with van der Waals surface area (Å²) in [5, 5.41) is 22.1. The van der Waals surface area contributed by atoms with Crippen molar-refractivity contribution in [3.63, 3.8) is 0 Å². The largest absolute Gasteiger partial charge is 0.339 e. The number of nitrogens with zero attached hydrogens (tertiary/aromatic N) is 3. The van der Waals surface area contributed by atoms with Crippen molar-refractivity contribution in [2.45, 2.75) is 0 Å². The maximum absolute atomic E-state index is 13.2. The molecule has 26 heavy (non-hydrogen) atoms. The minimum atomic E-state index is -1.11. The van der Waals surface area contributed by atoms with E-state index in [9.17, 15) is 13.6 Å². The molecule has 0 spiro atoms. The molecule has 0 saturated heterocycles. The number of carbonyl (C=O) groups excluding carboxylic acids is 1. The predicted molar refractivity (Wildman–Crippen MR) is 90.8 cm³/mol. The third-order valence-electron chi connectivity index (χ3n) is 3.35. The highest BCUT2D eigenvalue weighted by atomic mass is 19.2. The second-order valence-electron chi connectivity index (χ2n) is 5.20. The number of anilines is 3. The van der Waals surface area contributed by atoms with Crippen LogP contribution in [0.25, 0.3) is 0 Å². The number of hydrogen-bond donors (Lipinski definition) is 2. The van der Waals surface area contributed by atoms with Gasteiger partial charge in [0, 0.05) is 11.3 Å². The number of rotatable bonds is 4. The SMILES string of the molecule is N#Cc1cccc(Nc2ccc(NC(=O)c3ccc(F)c(F)c3)nn2)c1. The molecular weight excluding hydrogens is 340 g/mol. The Morgan fingerprint density at radius 1 is 0.962 bits per heavy atom. The highest BCUT2D eigenvalue weighted by molar-refractivity contribution is 6.03. The van der Waals surface area contributed by atoms with E-state index in [2.05, 4.69) is 20.8 Å². The number of halogens is 2. The Kier molecular flexibility index (Phi) is 4.80. The highest BCUT2D eigenvalue weighted by Crippen LogP contribution is 2.16. The van der Waals surface area contributed by atoms with E-state index < -0.39 is 17.5 Å². The molecule has 2 N–H and O–H groups in total. The topological polar surface area (TPSA) is 90.7 Å². The molecule has 0 bridgehead atoms. The summed E-state index contributed by atoms with van der Waals surface area (Å²) in [6, 6.07) is 14.8. The monoisotopic (exact) mass is 351 g/mol. The Balaban J connectivity index is 1.68. The van der Waals surface area contributed by atoms with E-state index in [0.29, 0.717) is 17.1 Å². The molecule has 8 heteroatoms. The fourth-order valence-corrected chi connectivity index (χ4v) is 2.11. The van der Waals surface area contributed by atoms with Crippen molar-refractivity contribution in [3.8, 4) is 6.07 Å². The standard InChI is InChI=1S/C18H11F2N5O/c19-14-5-4-12(9-15(14)20)18(26)23-17-7-6-16(24-25-17)22-13-3-1-2-11(8-13)10-21/h1-9H,(H,22,24)(H,23,25,26). The Hall–Kier alpha value is -3.86. The number of benzene rings is 2. The molecule has 0 saturated carbocycles. The molecule has 1 aromatic heterocycles. The van der Waals surface area contributed by atoms with Gasteiger partial charge in [-0.05, 0) is 48.5 Å². The van der Waals surface area contributed by atoms with Crippen molar-refractivity contribution in [2.24, 2.45) is 0 Å². The smallest absolute Gasteiger partial charge is 0.256 e. The number of carbonyl (C=O) groups is 1. The minimum absolute atomic E-state index is 0.0405. The van der Waals surface area contributed by atoms with Gasteiger partial charge in [-0.25, -0.2) is 8.78 Å². The Bertz CT molecular complexity index is 999. The van der Waals surface area contributed by atoms with Gasteiger partial charge in [-0.3, -0.25) is 4.79 Å². The Morgan fingerprint density at radius 3 is 2.42 bits per heavy atom. The number of nitriles is 1. The first kappa shape index (κ1) is 17.0. The first-order chi connectivity index (χ1) is 12.5. The maximum atomic E-state index is 13.2. The summed E-state index contributed by atoms with van der Waals surface area (Å²) in [4.78, 5) is 12.0. The molecule has 0 aliphatic carbocycles. The molecule has 0 aliphatic heterocycles. The lowest BCUT2D eigenvalue weighted by atomic mass is 10.2. The van der Waals surface area contributed by atoms with Crippen molar-refractivity contribution in [3.05, 3.63) is 77.4 Å². The first-order valence-electron chi connectivity index (χ1n) is 7.42. The van der Waals surface area contributed by atoms with Crippen LogP contribution in [0, 0.1) is 23.0 Å². The lowest BCUT2D eigenvalue weighted by Crippen LogP contribution is -2.14. The van der Waals surface area contributed by atoms with Gasteiger partial charge in [0.25, 0.3) is 5.91 Å². The van der Waals surface area contributed by atoms with E-state index in [0.717, 1.165) is 12.1 Å². The van der Waals surface area contributed by atoms with Gasteiger partial charge in [0.2, 0.25) is 0 Å². The second-order valence-corrected chi connectivity index (χ2v) is 5.20. The van der Waals surface area contributed by atoms with Crippen molar-refractivity contribution in [2.75, 3.05) is 10.6 Å². The molecule has 3 aromatic rings. The van der Waals surface area contributed by atoms with Gasteiger partial charge in [0.05, 0.1) is 11.6 Å². The van der Waals surface area contributed by atoms with E-state index in [1.54, 1.807) is 30.3 Å². The average molecular weight is 351 g/mol. The Labute approximate surface area is 147 Å². The fraction of sp³-hybridized carbons (Fsp3) is 0. The number of aromatic nitrogens is 2. The molecule has 0 fully saturated rings. The van der Waals surface area contributed by atoms with Gasteiger partial charge in [0.15, 0.2) is 23.3 Å². The van der Waals surface area contributed by atoms with Gasteiger partial charge in [-0.15, -0.1) is 10.2 Å². The zero-order valence-electron chi connectivity index (χ0n) is 13.2. The van der Waals surface area contributed by atoms with Crippen LogP contribution in [0.15, 0.2) is 54.6 Å². The molecule has 3 rings (SSSR count). The van der Waals surface area contributed by atoms with E-state index >= 15 is 0 Å². The molecule has 0 atom stereocenters. The molecular formula is C18H11F2N5O. The van der Waals surface area contributed by atoms with E-state index in [1.165, 1.54) is 12.1 Å². The molecule has 2 aromatic carbocycles. The molecule has 0 aliphatic rings. The van der Waals surface area contributed by atoms with Crippen molar-refractivity contribution in [1.29, 1.82) is 5.26 Å². The molecule has 128 valence electrons. The van der Waals surface area contributed by atoms with Gasteiger partial charge < -0.3 is 10.6 Å². The maximum Gasteiger partial charge on any atom is 0.256 e. The summed E-state index contributed by atoms with van der Waals surface area (Å²) in [5.74, 6) is -2.22. The molecule has 1 heterocycles. The van der Waals surface area contributed by atoms with E-state index in [4.69, 9.17) is 5.26 Å². The van der Waals surface area contributed by atoms with E-state index in [-0.39, 0.29) is 11.4 Å². The van der Waals surface area contributed by atoms with Gasteiger partial charge in [-0.2, -0.15) is 5.26 Å². The lowest BCUT2D eigenvalue weighted by Gasteiger charge is -2.07. The zero-order valence-corrected chi connectivity index (χ0v) is 13.2. The zero-order chi connectivity index (χ0) is 18.5. The van der Waals surface area contributed by atoms with Crippen LogP contribution in [0.2, 0.25) is 0 Å². The van der Waals surface area contributed by atoms with Crippen LogP contribution in [0.3, 0.4) is 0 Å². The van der Waals surface area contributed by atoms with Crippen LogP contribution >= 0.6 is 0 Å². The molecule has 0 unspecified atom stereocenters. The van der Waals surface area contributed by atoms with E-state index in [1.807, 2.05) is 6.07 Å².